The van der Waals surface area contributed by atoms with Crippen LogP contribution in [0.3, 0.4) is 0 Å². The molecule has 0 aromatic heterocycles. The van der Waals surface area contributed by atoms with Crippen LogP contribution in [-0.4, -0.2) is 61.0 Å². The van der Waals surface area contributed by atoms with Crippen LogP contribution in [-0.2, 0) is 4.79 Å². The Hall–Kier alpha value is -0.610. The van der Waals surface area contributed by atoms with E-state index in [-0.39, 0.29) is 0 Å². The molecule has 2 saturated heterocycles. The van der Waals surface area contributed by atoms with E-state index < -0.39 is 0 Å². The van der Waals surface area contributed by atoms with Crippen molar-refractivity contribution in [1.29, 1.82) is 0 Å². The highest BCUT2D eigenvalue weighted by Crippen LogP contribution is 2.18. The number of hydrogen-bond donors (Lipinski definition) is 1. The Labute approximate surface area is 104 Å². The number of rotatable bonds is 3. The summed E-state index contributed by atoms with van der Waals surface area (Å²) in [5.41, 5.74) is 0. The second-order valence-electron chi connectivity index (χ2n) is 5.69. The van der Waals surface area contributed by atoms with E-state index in [0.29, 0.717) is 24.3 Å². The van der Waals surface area contributed by atoms with Gasteiger partial charge in [0.15, 0.2) is 0 Å². The van der Waals surface area contributed by atoms with Crippen LogP contribution in [0.1, 0.15) is 26.7 Å². The molecule has 2 heterocycles. The van der Waals surface area contributed by atoms with Crippen LogP contribution in [0.2, 0.25) is 0 Å². The Morgan fingerprint density at radius 1 is 1.29 bits per heavy atom. The number of amides is 1. The summed E-state index contributed by atoms with van der Waals surface area (Å²) in [6.07, 6.45) is 1.94. The van der Waals surface area contributed by atoms with Gasteiger partial charge < -0.3 is 10.2 Å². The number of hydrogen-bond acceptors (Lipinski definition) is 3. The molecular formula is C13H25N3O. The minimum absolute atomic E-state index is 0.337. The summed E-state index contributed by atoms with van der Waals surface area (Å²) in [5.74, 6) is 0.813. The van der Waals surface area contributed by atoms with Crippen LogP contribution in [0.5, 0.6) is 0 Å². The van der Waals surface area contributed by atoms with Gasteiger partial charge in [-0.2, -0.15) is 0 Å². The van der Waals surface area contributed by atoms with Crippen LogP contribution in [0.4, 0.5) is 0 Å². The molecule has 0 aromatic rings. The highest BCUT2D eigenvalue weighted by Gasteiger charge is 2.34. The highest BCUT2D eigenvalue weighted by molar-refractivity contribution is 5.77. The predicted octanol–water partition coefficient (Wildman–Crippen LogP) is 0.539. The lowest BCUT2D eigenvalue weighted by Crippen LogP contribution is -2.61. The molecule has 2 fully saturated rings. The largest absolute Gasteiger partial charge is 0.339 e. The molecule has 0 aromatic carbocycles. The van der Waals surface area contributed by atoms with E-state index in [2.05, 4.69) is 24.1 Å². The molecule has 0 bridgehead atoms. The fourth-order valence-electron chi connectivity index (χ4n) is 2.60. The average Bonchev–Trinajstić information content (AvgIpc) is 2.42. The number of carbonyl (C=O) groups excluding carboxylic acids is 1. The molecule has 1 N–H and O–H groups in total. The summed E-state index contributed by atoms with van der Waals surface area (Å²) < 4.78 is 0. The smallest absolute Gasteiger partial charge is 0.222 e. The zero-order valence-electron chi connectivity index (χ0n) is 11.1. The first kappa shape index (κ1) is 12.8. The summed E-state index contributed by atoms with van der Waals surface area (Å²) in [7, 11) is 0. The van der Waals surface area contributed by atoms with E-state index in [1.165, 1.54) is 13.0 Å². The number of nitrogens with one attached hydrogen (secondary N) is 1. The van der Waals surface area contributed by atoms with Crippen molar-refractivity contribution in [2.24, 2.45) is 5.92 Å². The standard InChI is InChI=1S/C13H25N3O/c1-11(2)8-13(17)16-9-12(10-16)15-6-3-4-14-5-7-15/h11-12,14H,3-10H2,1-2H3. The van der Waals surface area contributed by atoms with E-state index >= 15 is 0 Å². The first-order chi connectivity index (χ1) is 8.16. The van der Waals surface area contributed by atoms with Gasteiger partial charge in [0, 0.05) is 38.6 Å². The SMILES string of the molecule is CC(C)CC(=O)N1CC(N2CCCNCC2)C1. The Morgan fingerprint density at radius 3 is 2.76 bits per heavy atom. The van der Waals surface area contributed by atoms with Crippen LogP contribution < -0.4 is 5.32 Å². The zero-order chi connectivity index (χ0) is 12.3. The molecular weight excluding hydrogens is 214 g/mol. The van der Waals surface area contributed by atoms with Gasteiger partial charge in [0.25, 0.3) is 0 Å². The van der Waals surface area contributed by atoms with Gasteiger partial charge in [-0.1, -0.05) is 13.8 Å². The van der Waals surface area contributed by atoms with Gasteiger partial charge in [-0.3, -0.25) is 9.69 Å². The lowest BCUT2D eigenvalue weighted by Gasteiger charge is -2.45. The third-order valence-corrected chi connectivity index (χ3v) is 3.69. The molecule has 0 saturated carbocycles. The van der Waals surface area contributed by atoms with E-state index in [9.17, 15) is 4.79 Å². The molecule has 17 heavy (non-hydrogen) atoms. The summed E-state index contributed by atoms with van der Waals surface area (Å²) >= 11 is 0. The molecule has 1 amide bonds. The number of likely N-dealkylation sites (tertiary alicyclic amines) is 1. The van der Waals surface area contributed by atoms with Crippen molar-refractivity contribution in [2.45, 2.75) is 32.7 Å². The molecule has 2 rings (SSSR count). The molecule has 2 aliphatic rings. The third kappa shape index (κ3) is 3.42. The lowest BCUT2D eigenvalue weighted by atomic mass is 10.0. The van der Waals surface area contributed by atoms with Crippen LogP contribution in [0, 0.1) is 5.92 Å². The second kappa shape index (κ2) is 5.83. The van der Waals surface area contributed by atoms with Crippen molar-refractivity contribution in [3.63, 3.8) is 0 Å². The van der Waals surface area contributed by atoms with Gasteiger partial charge >= 0.3 is 0 Å². The average molecular weight is 239 g/mol. The minimum atomic E-state index is 0.337. The minimum Gasteiger partial charge on any atom is -0.339 e. The molecule has 0 unspecified atom stereocenters. The van der Waals surface area contributed by atoms with Crippen molar-refractivity contribution in [2.75, 3.05) is 39.3 Å². The van der Waals surface area contributed by atoms with Crippen molar-refractivity contribution in [3.05, 3.63) is 0 Å². The quantitative estimate of drug-likeness (QED) is 0.781. The lowest BCUT2D eigenvalue weighted by molar-refractivity contribution is -0.139. The third-order valence-electron chi connectivity index (χ3n) is 3.69. The Kier molecular flexibility index (Phi) is 4.40. The van der Waals surface area contributed by atoms with Crippen LogP contribution in [0.25, 0.3) is 0 Å². The van der Waals surface area contributed by atoms with Gasteiger partial charge in [-0.05, 0) is 25.4 Å². The summed E-state index contributed by atoms with van der Waals surface area (Å²) in [4.78, 5) is 16.4. The predicted molar refractivity (Wildman–Crippen MR) is 68.9 cm³/mol. The summed E-state index contributed by atoms with van der Waals surface area (Å²) in [6, 6.07) is 0.617. The van der Waals surface area contributed by atoms with Crippen molar-refractivity contribution in [1.82, 2.24) is 15.1 Å². The molecule has 0 atom stereocenters. The normalized spacial score (nSPS) is 23.6. The zero-order valence-corrected chi connectivity index (χ0v) is 11.1. The highest BCUT2D eigenvalue weighted by atomic mass is 16.2. The van der Waals surface area contributed by atoms with E-state index in [1.54, 1.807) is 0 Å². The number of nitrogens with zero attached hydrogens (tertiary/aromatic N) is 2. The topological polar surface area (TPSA) is 35.6 Å². The fraction of sp³-hybridized carbons (Fsp3) is 0.923. The molecule has 2 aliphatic heterocycles. The van der Waals surface area contributed by atoms with Gasteiger partial charge in [0.05, 0.1) is 0 Å². The maximum Gasteiger partial charge on any atom is 0.222 e. The molecule has 98 valence electrons. The summed E-state index contributed by atoms with van der Waals surface area (Å²) in [5, 5.41) is 3.42. The molecule has 4 heteroatoms. The van der Waals surface area contributed by atoms with E-state index in [1.807, 2.05) is 4.90 Å². The first-order valence-electron chi connectivity index (χ1n) is 6.89. The Balaban J connectivity index is 1.72. The Bertz CT molecular complexity index is 253. The molecule has 4 nitrogen and oxygen atoms in total. The van der Waals surface area contributed by atoms with Gasteiger partial charge in [0.1, 0.15) is 0 Å². The molecule has 0 spiro atoms. The first-order valence-corrected chi connectivity index (χ1v) is 6.89. The van der Waals surface area contributed by atoms with Gasteiger partial charge in [-0.25, -0.2) is 0 Å². The van der Waals surface area contributed by atoms with Gasteiger partial charge in [0.2, 0.25) is 5.91 Å². The maximum atomic E-state index is 11.8. The molecule has 0 radical (unpaired) electrons. The van der Waals surface area contributed by atoms with E-state index in [4.69, 9.17) is 0 Å². The van der Waals surface area contributed by atoms with Crippen molar-refractivity contribution in [3.8, 4) is 0 Å². The maximum absolute atomic E-state index is 11.8. The van der Waals surface area contributed by atoms with Crippen molar-refractivity contribution >= 4 is 5.91 Å². The second-order valence-corrected chi connectivity index (χ2v) is 5.69. The van der Waals surface area contributed by atoms with Crippen molar-refractivity contribution < 1.29 is 4.79 Å². The van der Waals surface area contributed by atoms with Gasteiger partial charge in [-0.15, -0.1) is 0 Å². The van der Waals surface area contributed by atoms with Crippen LogP contribution >= 0.6 is 0 Å². The molecule has 0 aliphatic carbocycles. The monoisotopic (exact) mass is 239 g/mol. The number of carbonyl (C=O) groups is 1. The Morgan fingerprint density at radius 2 is 2.06 bits per heavy atom. The van der Waals surface area contributed by atoms with Crippen LogP contribution in [0.15, 0.2) is 0 Å². The fourth-order valence-corrected chi connectivity index (χ4v) is 2.60. The summed E-state index contributed by atoms with van der Waals surface area (Å²) in [6.45, 7) is 10.7. The van der Waals surface area contributed by atoms with E-state index in [0.717, 1.165) is 32.7 Å².